The van der Waals surface area contributed by atoms with Gasteiger partial charge in [0.2, 0.25) is 0 Å². The van der Waals surface area contributed by atoms with Gasteiger partial charge in [0.05, 0.1) is 5.75 Å². The first kappa shape index (κ1) is 13.7. The molecule has 0 amide bonds. The van der Waals surface area contributed by atoms with Gasteiger partial charge in [0.25, 0.3) is 5.56 Å². The third-order valence-electron chi connectivity index (χ3n) is 2.40. The van der Waals surface area contributed by atoms with E-state index in [9.17, 15) is 13.2 Å². The Kier molecular flexibility index (Phi) is 4.68. The van der Waals surface area contributed by atoms with Crippen molar-refractivity contribution >= 4 is 15.7 Å². The molecule has 96 valence electrons. The molecule has 0 aliphatic heterocycles. The van der Waals surface area contributed by atoms with Crippen molar-refractivity contribution in [2.24, 2.45) is 0 Å². The highest BCUT2D eigenvalue weighted by Crippen LogP contribution is 1.94. The van der Waals surface area contributed by atoms with E-state index >= 15 is 0 Å². The van der Waals surface area contributed by atoms with Crippen molar-refractivity contribution in [2.75, 3.05) is 23.4 Å². The summed E-state index contributed by atoms with van der Waals surface area (Å²) >= 11 is 0. The van der Waals surface area contributed by atoms with E-state index < -0.39 is 9.84 Å². The first-order valence-electron chi connectivity index (χ1n) is 5.50. The van der Waals surface area contributed by atoms with Crippen LogP contribution in [0.3, 0.4) is 0 Å². The highest BCUT2D eigenvalue weighted by molar-refractivity contribution is 7.91. The quantitative estimate of drug-likeness (QED) is 0.784. The van der Waals surface area contributed by atoms with E-state index in [1.165, 1.54) is 10.8 Å². The predicted octanol–water partition coefficient (Wildman–Crippen LogP) is 0.110. The molecule has 0 aliphatic rings. The molecule has 1 heterocycles. The highest BCUT2D eigenvalue weighted by atomic mass is 32.2. The topological polar surface area (TPSA) is 81.1 Å². The van der Waals surface area contributed by atoms with Gasteiger partial charge in [0.15, 0.2) is 15.7 Å². The molecule has 0 saturated carbocycles. The maximum Gasteiger partial charge on any atom is 0.293 e. The lowest BCUT2D eigenvalue weighted by molar-refractivity contribution is 0.597. The minimum absolute atomic E-state index is 0.00559. The fourth-order valence-electron chi connectivity index (χ4n) is 1.29. The summed E-state index contributed by atoms with van der Waals surface area (Å²) in [7, 11) is -3.02. The SMILES string of the molecule is CCn1ccnc(NCCS(=O)(=O)CC)c1=O. The molecule has 17 heavy (non-hydrogen) atoms. The molecule has 0 radical (unpaired) electrons. The van der Waals surface area contributed by atoms with Gasteiger partial charge in [-0.3, -0.25) is 4.79 Å². The summed E-state index contributed by atoms with van der Waals surface area (Å²) in [6.07, 6.45) is 3.11. The Morgan fingerprint density at radius 2 is 2.12 bits per heavy atom. The lowest BCUT2D eigenvalue weighted by Gasteiger charge is -2.07. The second-order valence-corrected chi connectivity index (χ2v) is 6.00. The smallest absolute Gasteiger partial charge is 0.293 e. The van der Waals surface area contributed by atoms with E-state index in [0.717, 1.165) is 0 Å². The number of aromatic nitrogens is 2. The zero-order valence-electron chi connectivity index (χ0n) is 10.0. The second kappa shape index (κ2) is 5.81. The number of nitrogens with zero attached hydrogens (tertiary/aromatic N) is 2. The van der Waals surface area contributed by atoms with Crippen LogP contribution in [0.5, 0.6) is 0 Å². The Bertz CT molecular complexity index is 522. The number of hydrogen-bond donors (Lipinski definition) is 1. The number of sulfone groups is 1. The third kappa shape index (κ3) is 3.85. The van der Waals surface area contributed by atoms with Gasteiger partial charge in [0.1, 0.15) is 0 Å². The Morgan fingerprint density at radius 1 is 1.41 bits per heavy atom. The van der Waals surface area contributed by atoms with Crippen molar-refractivity contribution in [3.63, 3.8) is 0 Å². The highest BCUT2D eigenvalue weighted by Gasteiger charge is 2.08. The first-order valence-corrected chi connectivity index (χ1v) is 7.32. The van der Waals surface area contributed by atoms with Crippen molar-refractivity contribution in [3.8, 4) is 0 Å². The Balaban J connectivity index is 2.68. The summed E-state index contributed by atoms with van der Waals surface area (Å²) in [5, 5.41) is 2.75. The molecule has 0 unspecified atom stereocenters. The van der Waals surface area contributed by atoms with Crippen LogP contribution < -0.4 is 10.9 Å². The van der Waals surface area contributed by atoms with Crippen molar-refractivity contribution in [3.05, 3.63) is 22.7 Å². The molecule has 0 aliphatic carbocycles. The van der Waals surface area contributed by atoms with E-state index in [2.05, 4.69) is 10.3 Å². The number of aryl methyl sites for hydroxylation is 1. The molecule has 1 rings (SSSR count). The molecular formula is C10H17N3O3S. The number of rotatable bonds is 6. The molecule has 0 spiro atoms. The largest absolute Gasteiger partial charge is 0.364 e. The number of nitrogens with one attached hydrogen (secondary N) is 1. The van der Waals surface area contributed by atoms with Gasteiger partial charge in [-0.1, -0.05) is 6.92 Å². The Morgan fingerprint density at radius 3 is 2.71 bits per heavy atom. The van der Waals surface area contributed by atoms with Crippen LogP contribution in [0.4, 0.5) is 5.82 Å². The van der Waals surface area contributed by atoms with Crippen LogP contribution >= 0.6 is 0 Å². The summed E-state index contributed by atoms with van der Waals surface area (Å²) < 4.78 is 24.0. The lowest BCUT2D eigenvalue weighted by Crippen LogP contribution is -2.26. The van der Waals surface area contributed by atoms with Crippen molar-refractivity contribution in [1.82, 2.24) is 9.55 Å². The number of anilines is 1. The average molecular weight is 259 g/mol. The van der Waals surface area contributed by atoms with Gasteiger partial charge in [-0.25, -0.2) is 13.4 Å². The van der Waals surface area contributed by atoms with Crippen molar-refractivity contribution in [2.45, 2.75) is 20.4 Å². The van der Waals surface area contributed by atoms with Crippen LogP contribution in [-0.2, 0) is 16.4 Å². The van der Waals surface area contributed by atoms with Crippen LogP contribution in [0, 0.1) is 0 Å². The van der Waals surface area contributed by atoms with Gasteiger partial charge in [-0.15, -0.1) is 0 Å². The van der Waals surface area contributed by atoms with Gasteiger partial charge in [0, 0.05) is 31.2 Å². The third-order valence-corrected chi connectivity index (χ3v) is 4.11. The summed E-state index contributed by atoms with van der Waals surface area (Å²) in [4.78, 5) is 15.6. The minimum atomic E-state index is -3.02. The maximum absolute atomic E-state index is 11.7. The summed E-state index contributed by atoms with van der Waals surface area (Å²) in [5.74, 6) is 0.308. The van der Waals surface area contributed by atoms with Gasteiger partial charge < -0.3 is 9.88 Å². The Hall–Kier alpha value is -1.37. The van der Waals surface area contributed by atoms with E-state index in [1.54, 1.807) is 13.1 Å². The van der Waals surface area contributed by atoms with Crippen molar-refractivity contribution < 1.29 is 8.42 Å². The normalized spacial score (nSPS) is 11.4. The molecule has 1 N–H and O–H groups in total. The van der Waals surface area contributed by atoms with Gasteiger partial charge in [-0.2, -0.15) is 0 Å². The van der Waals surface area contributed by atoms with Crippen LogP contribution in [0.15, 0.2) is 17.2 Å². The fourth-order valence-corrected chi connectivity index (χ4v) is 1.99. The molecular weight excluding hydrogens is 242 g/mol. The van der Waals surface area contributed by atoms with Crippen molar-refractivity contribution in [1.29, 1.82) is 0 Å². The minimum Gasteiger partial charge on any atom is -0.364 e. The van der Waals surface area contributed by atoms with E-state index in [4.69, 9.17) is 0 Å². The monoisotopic (exact) mass is 259 g/mol. The van der Waals surface area contributed by atoms with Crippen LogP contribution in [0.25, 0.3) is 0 Å². The molecule has 0 fully saturated rings. The van der Waals surface area contributed by atoms with Crippen LogP contribution in [0.2, 0.25) is 0 Å². The standard InChI is InChI=1S/C10H17N3O3S/c1-3-13-7-5-11-9(10(13)14)12-6-8-17(15,16)4-2/h5,7H,3-4,6,8H2,1-2H3,(H,11,12). The molecule has 0 atom stereocenters. The predicted molar refractivity (Wildman–Crippen MR) is 67.0 cm³/mol. The van der Waals surface area contributed by atoms with E-state index in [1.807, 2.05) is 6.92 Å². The summed E-state index contributed by atoms with van der Waals surface area (Å²) in [6.45, 7) is 4.21. The summed E-state index contributed by atoms with van der Waals surface area (Å²) in [5.41, 5.74) is -0.233. The van der Waals surface area contributed by atoms with Crippen LogP contribution in [0.1, 0.15) is 13.8 Å². The second-order valence-electron chi connectivity index (χ2n) is 3.53. The maximum atomic E-state index is 11.7. The number of hydrogen-bond acceptors (Lipinski definition) is 5. The molecule has 0 bridgehead atoms. The molecule has 7 heteroatoms. The Labute approximate surface area is 101 Å². The molecule has 1 aromatic heterocycles. The van der Waals surface area contributed by atoms with Gasteiger partial charge >= 0.3 is 0 Å². The summed E-state index contributed by atoms with van der Waals surface area (Å²) in [6, 6.07) is 0. The zero-order chi connectivity index (χ0) is 12.9. The molecule has 6 nitrogen and oxygen atoms in total. The average Bonchev–Trinajstić information content (AvgIpc) is 2.31. The molecule has 1 aromatic rings. The first-order chi connectivity index (χ1) is 8.00. The van der Waals surface area contributed by atoms with Gasteiger partial charge in [-0.05, 0) is 6.92 Å². The van der Waals surface area contributed by atoms with Crippen LogP contribution in [-0.4, -0.2) is 36.0 Å². The zero-order valence-corrected chi connectivity index (χ0v) is 10.8. The molecule has 0 saturated heterocycles. The van der Waals surface area contributed by atoms with E-state index in [-0.39, 0.29) is 29.4 Å². The van der Waals surface area contributed by atoms with E-state index in [0.29, 0.717) is 6.54 Å². The lowest BCUT2D eigenvalue weighted by atomic mass is 10.5. The fraction of sp³-hybridized carbons (Fsp3) is 0.600. The molecule has 0 aromatic carbocycles.